The molecule has 0 N–H and O–H groups in total. The van der Waals surface area contributed by atoms with Crippen molar-refractivity contribution in [1.29, 1.82) is 5.26 Å². The van der Waals surface area contributed by atoms with Crippen molar-refractivity contribution in [2.45, 2.75) is 25.0 Å². The minimum Gasteiger partial charge on any atom is -0.483 e. The van der Waals surface area contributed by atoms with Gasteiger partial charge in [0, 0.05) is 13.0 Å². The van der Waals surface area contributed by atoms with E-state index in [9.17, 15) is 18.0 Å². The number of nitrogens with zero attached hydrogens (tertiary/aromatic N) is 2. The van der Waals surface area contributed by atoms with Gasteiger partial charge in [0.05, 0.1) is 17.7 Å². The van der Waals surface area contributed by atoms with Gasteiger partial charge in [-0.05, 0) is 66.1 Å². The van der Waals surface area contributed by atoms with Crippen molar-refractivity contribution in [2.24, 2.45) is 0 Å². The summed E-state index contributed by atoms with van der Waals surface area (Å²) in [5.41, 5.74) is 1.36. The second-order valence-electron chi connectivity index (χ2n) is 7.54. The van der Waals surface area contributed by atoms with Crippen LogP contribution in [-0.4, -0.2) is 17.4 Å². The molecule has 1 aliphatic heterocycles. The van der Waals surface area contributed by atoms with Crippen molar-refractivity contribution in [1.82, 2.24) is 4.90 Å². The van der Waals surface area contributed by atoms with Crippen molar-refractivity contribution in [3.05, 3.63) is 101 Å². The number of hydrogen-bond donors (Lipinski definition) is 0. The van der Waals surface area contributed by atoms with E-state index in [1.165, 1.54) is 18.2 Å². The van der Waals surface area contributed by atoms with E-state index < -0.39 is 29.6 Å². The number of hydrogen-bond acceptors (Lipinski definition) is 3. The van der Waals surface area contributed by atoms with Crippen LogP contribution in [0, 0.1) is 28.8 Å². The van der Waals surface area contributed by atoms with Gasteiger partial charge in [-0.25, -0.2) is 13.2 Å². The lowest BCUT2D eigenvalue weighted by Gasteiger charge is -2.35. The third-order valence-corrected chi connectivity index (χ3v) is 5.46. The topological polar surface area (TPSA) is 53.3 Å². The average Bonchev–Trinajstić information content (AvgIpc) is 3.22. The summed E-state index contributed by atoms with van der Waals surface area (Å²) >= 11 is 0. The Morgan fingerprint density at radius 3 is 2.19 bits per heavy atom. The first-order valence-corrected chi connectivity index (χ1v) is 10.1. The average molecular weight is 436 g/mol. The first-order valence-electron chi connectivity index (χ1n) is 10.1. The Balaban J connectivity index is 1.82. The molecule has 2 atom stereocenters. The minimum absolute atomic E-state index is 0.102. The van der Waals surface area contributed by atoms with Crippen molar-refractivity contribution in [2.75, 3.05) is 6.54 Å². The fourth-order valence-corrected chi connectivity index (χ4v) is 3.90. The summed E-state index contributed by atoms with van der Waals surface area (Å²) in [6, 6.07) is 16.8. The van der Waals surface area contributed by atoms with Crippen molar-refractivity contribution in [3.8, 4) is 11.8 Å². The smallest absolute Gasteiger partial charge is 0.223 e. The van der Waals surface area contributed by atoms with Gasteiger partial charge in [-0.3, -0.25) is 4.79 Å². The van der Waals surface area contributed by atoms with E-state index in [4.69, 9.17) is 10.00 Å². The van der Waals surface area contributed by atoms with Gasteiger partial charge in [0.15, 0.2) is 11.6 Å². The highest BCUT2D eigenvalue weighted by Gasteiger charge is 2.37. The van der Waals surface area contributed by atoms with E-state index in [0.717, 1.165) is 12.1 Å². The number of halogens is 3. The van der Waals surface area contributed by atoms with Gasteiger partial charge in [-0.15, -0.1) is 0 Å². The number of ether oxygens (including phenoxy) is 1. The maximum absolute atomic E-state index is 14.2. The summed E-state index contributed by atoms with van der Waals surface area (Å²) in [7, 11) is 0. The first kappa shape index (κ1) is 21.4. The normalized spacial score (nSPS) is 15.3. The molecule has 32 heavy (non-hydrogen) atoms. The molecule has 0 aromatic heterocycles. The van der Waals surface area contributed by atoms with Gasteiger partial charge in [-0.1, -0.05) is 18.2 Å². The summed E-state index contributed by atoms with van der Waals surface area (Å²) in [5, 5.41) is 9.03. The molecule has 0 bridgehead atoms. The van der Waals surface area contributed by atoms with Crippen LogP contribution >= 0.6 is 0 Å². The summed E-state index contributed by atoms with van der Waals surface area (Å²) in [6.07, 6.45) is 0.0993. The molecule has 7 heteroatoms. The van der Waals surface area contributed by atoms with Gasteiger partial charge >= 0.3 is 0 Å². The fourth-order valence-electron chi connectivity index (χ4n) is 3.90. The molecular formula is C25H19F3N2O2. The number of benzene rings is 3. The molecule has 1 amide bonds. The van der Waals surface area contributed by atoms with Gasteiger partial charge in [-0.2, -0.15) is 5.26 Å². The number of rotatable bonds is 6. The minimum atomic E-state index is -1.04. The molecule has 0 aliphatic carbocycles. The van der Waals surface area contributed by atoms with Crippen molar-refractivity contribution in [3.63, 3.8) is 0 Å². The highest BCUT2D eigenvalue weighted by atomic mass is 19.2. The number of likely N-dealkylation sites (tertiary alicyclic amines) is 1. The molecule has 162 valence electrons. The monoisotopic (exact) mass is 436 g/mol. The zero-order valence-electron chi connectivity index (χ0n) is 17.0. The predicted octanol–water partition coefficient (Wildman–Crippen LogP) is 5.46. The molecule has 1 saturated heterocycles. The highest BCUT2D eigenvalue weighted by molar-refractivity contribution is 5.78. The Bertz CT molecular complexity index is 1160. The second kappa shape index (κ2) is 9.15. The zero-order chi connectivity index (χ0) is 22.7. The van der Waals surface area contributed by atoms with E-state index >= 15 is 0 Å². The summed E-state index contributed by atoms with van der Waals surface area (Å²) in [5.74, 6) is -2.19. The van der Waals surface area contributed by atoms with Crippen LogP contribution in [0.4, 0.5) is 13.2 Å². The van der Waals surface area contributed by atoms with E-state index in [0.29, 0.717) is 41.8 Å². The van der Waals surface area contributed by atoms with E-state index in [1.807, 2.05) is 6.07 Å². The SMILES string of the molecule is N#Cc1ccc(OC(c2ccc(F)c(F)c2)[C@@H](c2ccc(F)cc2)N2CCCC2=O)cc1. The Morgan fingerprint density at radius 2 is 1.59 bits per heavy atom. The predicted molar refractivity (Wildman–Crippen MR) is 111 cm³/mol. The molecule has 1 fully saturated rings. The number of carbonyl (C=O) groups excluding carboxylic acids is 1. The molecule has 4 rings (SSSR count). The summed E-state index contributed by atoms with van der Waals surface area (Å²) in [6.45, 7) is 0.456. The van der Waals surface area contributed by atoms with Crippen LogP contribution < -0.4 is 4.74 Å². The molecule has 0 spiro atoms. The summed E-state index contributed by atoms with van der Waals surface area (Å²) in [4.78, 5) is 14.3. The highest BCUT2D eigenvalue weighted by Crippen LogP contribution is 2.40. The fraction of sp³-hybridized carbons (Fsp3) is 0.200. The molecule has 0 radical (unpaired) electrons. The van der Waals surface area contributed by atoms with Crippen LogP contribution in [0.5, 0.6) is 5.75 Å². The summed E-state index contributed by atoms with van der Waals surface area (Å²) < 4.78 is 47.6. The lowest BCUT2D eigenvalue weighted by Crippen LogP contribution is -2.36. The zero-order valence-corrected chi connectivity index (χ0v) is 17.0. The molecule has 1 unspecified atom stereocenters. The Hall–Kier alpha value is -3.79. The molecule has 0 saturated carbocycles. The molecular weight excluding hydrogens is 417 g/mol. The van der Waals surface area contributed by atoms with E-state index in [2.05, 4.69) is 0 Å². The third kappa shape index (κ3) is 4.45. The van der Waals surface area contributed by atoms with Gasteiger partial charge in [0.2, 0.25) is 5.91 Å². The van der Waals surface area contributed by atoms with Crippen molar-refractivity contribution < 1.29 is 22.7 Å². The largest absolute Gasteiger partial charge is 0.483 e. The van der Waals surface area contributed by atoms with Gasteiger partial charge in [0.25, 0.3) is 0 Å². The maximum Gasteiger partial charge on any atom is 0.223 e. The quantitative estimate of drug-likeness (QED) is 0.516. The first-order chi connectivity index (χ1) is 15.5. The molecule has 1 heterocycles. The van der Waals surface area contributed by atoms with Gasteiger partial charge in [0.1, 0.15) is 17.7 Å². The third-order valence-electron chi connectivity index (χ3n) is 5.46. The Labute approximate surface area is 183 Å². The van der Waals surface area contributed by atoms with Crippen LogP contribution in [-0.2, 0) is 4.79 Å². The second-order valence-corrected chi connectivity index (χ2v) is 7.54. The molecule has 1 aliphatic rings. The van der Waals surface area contributed by atoms with Crippen LogP contribution in [0.2, 0.25) is 0 Å². The molecule has 4 nitrogen and oxygen atoms in total. The lowest BCUT2D eigenvalue weighted by atomic mass is 9.93. The molecule has 3 aromatic carbocycles. The Kier molecular flexibility index (Phi) is 6.13. The standard InChI is InChI=1S/C25H19F3N2O2/c26-19-8-5-17(6-9-19)24(30-13-1-2-23(30)31)25(18-7-12-21(27)22(28)14-18)32-20-10-3-16(15-29)4-11-20/h3-12,14,24-25H,1-2,13H2/t24-,25?/m1/s1. The molecule has 3 aromatic rings. The number of amides is 1. The van der Waals surface area contributed by atoms with Gasteiger partial charge < -0.3 is 9.64 Å². The Morgan fingerprint density at radius 1 is 0.906 bits per heavy atom. The maximum atomic E-state index is 14.2. The lowest BCUT2D eigenvalue weighted by molar-refractivity contribution is -0.131. The van der Waals surface area contributed by atoms with Crippen LogP contribution in [0.15, 0.2) is 66.7 Å². The number of carbonyl (C=O) groups is 1. The van der Waals surface area contributed by atoms with E-state index in [1.54, 1.807) is 41.3 Å². The van der Waals surface area contributed by atoms with Crippen LogP contribution in [0.25, 0.3) is 0 Å². The van der Waals surface area contributed by atoms with Crippen molar-refractivity contribution >= 4 is 5.91 Å². The number of nitriles is 1. The van der Waals surface area contributed by atoms with E-state index in [-0.39, 0.29) is 5.91 Å². The van der Waals surface area contributed by atoms with Crippen LogP contribution in [0.1, 0.15) is 41.7 Å². The van der Waals surface area contributed by atoms with Crippen LogP contribution in [0.3, 0.4) is 0 Å².